The van der Waals surface area contributed by atoms with E-state index in [1.165, 1.54) is 23.5 Å². The van der Waals surface area contributed by atoms with Crippen LogP contribution in [0.4, 0.5) is 4.39 Å². The average Bonchev–Trinajstić information content (AvgIpc) is 2.87. The summed E-state index contributed by atoms with van der Waals surface area (Å²) in [6, 6.07) is 6.24. The Morgan fingerprint density at radius 1 is 1.32 bits per heavy atom. The molecule has 2 amide bonds. The molecule has 1 aromatic carbocycles. The normalized spacial score (nSPS) is 14.9. The maximum Gasteiger partial charge on any atom is 0.242 e. The van der Waals surface area contributed by atoms with Gasteiger partial charge in [-0.2, -0.15) is 0 Å². The second-order valence-corrected chi connectivity index (χ2v) is 7.47. The Labute approximate surface area is 150 Å². The maximum atomic E-state index is 13.3. The number of aryl methyl sites for hydroxylation is 2. The number of carbonyl (C=O) groups is 2. The molecule has 0 radical (unpaired) electrons. The Hall–Kier alpha value is -2.28. The Bertz CT molecular complexity index is 805. The highest BCUT2D eigenvalue weighted by Gasteiger charge is 2.27. The number of thiazole rings is 1. The molecule has 0 atom stereocenters. The van der Waals surface area contributed by atoms with Gasteiger partial charge in [0.25, 0.3) is 0 Å². The van der Waals surface area contributed by atoms with Crippen molar-refractivity contribution in [2.75, 3.05) is 19.6 Å². The lowest BCUT2D eigenvalue weighted by Crippen LogP contribution is -2.52. The molecule has 1 aliphatic rings. The highest BCUT2D eigenvalue weighted by Crippen LogP contribution is 2.19. The van der Waals surface area contributed by atoms with Crippen molar-refractivity contribution in [1.82, 2.24) is 14.8 Å². The van der Waals surface area contributed by atoms with Crippen molar-refractivity contribution in [2.45, 2.75) is 26.8 Å². The molecule has 1 aromatic heterocycles. The number of aromatic nitrogens is 1. The first-order valence-corrected chi connectivity index (χ1v) is 8.97. The second kappa shape index (κ2) is 7.31. The highest BCUT2D eigenvalue weighted by molar-refractivity contribution is 7.11. The first kappa shape index (κ1) is 17.5. The number of halogens is 1. The van der Waals surface area contributed by atoms with Crippen molar-refractivity contribution in [1.29, 1.82) is 0 Å². The van der Waals surface area contributed by atoms with Crippen LogP contribution >= 0.6 is 11.3 Å². The predicted octanol–water partition coefficient (Wildman–Crippen LogP) is 2.31. The van der Waals surface area contributed by atoms with Crippen molar-refractivity contribution in [2.24, 2.45) is 0 Å². The molecule has 25 heavy (non-hydrogen) atoms. The third-order valence-electron chi connectivity index (χ3n) is 4.25. The first-order chi connectivity index (χ1) is 11.9. The number of carbonyl (C=O) groups excluding carboxylic acids is 2. The number of hydrogen-bond donors (Lipinski definition) is 0. The number of piperazine rings is 1. The number of nitrogens with zero attached hydrogens (tertiary/aromatic N) is 3. The van der Waals surface area contributed by atoms with Crippen LogP contribution in [0, 0.1) is 19.7 Å². The number of rotatable bonds is 4. The third-order valence-corrected chi connectivity index (χ3v) is 5.32. The second-order valence-electron chi connectivity index (χ2n) is 6.18. The van der Waals surface area contributed by atoms with E-state index in [9.17, 15) is 14.0 Å². The van der Waals surface area contributed by atoms with E-state index in [4.69, 9.17) is 0 Å². The summed E-state index contributed by atoms with van der Waals surface area (Å²) >= 11 is 1.52. The SMILES string of the molecule is Cc1nc(C)c(CC(=O)N2CCN(Cc3cccc(F)c3)C(=O)C2)s1. The lowest BCUT2D eigenvalue weighted by molar-refractivity contribution is -0.145. The third kappa shape index (κ3) is 4.22. The topological polar surface area (TPSA) is 53.5 Å². The van der Waals surface area contributed by atoms with Gasteiger partial charge in [-0.15, -0.1) is 11.3 Å². The standard InChI is InChI=1S/C18H20FN3O2S/c1-12-16(25-13(2)20-12)9-17(23)22-7-6-21(18(24)11-22)10-14-4-3-5-15(19)8-14/h3-5,8H,6-7,9-11H2,1-2H3. The van der Waals surface area contributed by atoms with Gasteiger partial charge in [-0.3, -0.25) is 9.59 Å². The molecule has 5 nitrogen and oxygen atoms in total. The fourth-order valence-corrected chi connectivity index (χ4v) is 3.86. The molecule has 0 saturated carbocycles. The average molecular weight is 361 g/mol. The summed E-state index contributed by atoms with van der Waals surface area (Å²) in [4.78, 5) is 33.4. The molecule has 0 unspecified atom stereocenters. The largest absolute Gasteiger partial charge is 0.335 e. The van der Waals surface area contributed by atoms with Crippen LogP contribution in [0.25, 0.3) is 0 Å². The van der Waals surface area contributed by atoms with Gasteiger partial charge >= 0.3 is 0 Å². The monoisotopic (exact) mass is 361 g/mol. The lowest BCUT2D eigenvalue weighted by Gasteiger charge is -2.34. The van der Waals surface area contributed by atoms with E-state index in [0.717, 1.165) is 21.1 Å². The van der Waals surface area contributed by atoms with Gasteiger partial charge in [0, 0.05) is 24.5 Å². The molecule has 3 rings (SSSR count). The minimum atomic E-state index is -0.311. The lowest BCUT2D eigenvalue weighted by atomic mass is 10.2. The Kier molecular flexibility index (Phi) is 5.13. The Balaban J connectivity index is 1.58. The molecule has 0 aliphatic carbocycles. The number of benzene rings is 1. The smallest absolute Gasteiger partial charge is 0.242 e. The van der Waals surface area contributed by atoms with Crippen molar-refractivity contribution < 1.29 is 14.0 Å². The van der Waals surface area contributed by atoms with Crippen LogP contribution in [-0.4, -0.2) is 46.2 Å². The van der Waals surface area contributed by atoms with Gasteiger partial charge in [-0.25, -0.2) is 9.37 Å². The van der Waals surface area contributed by atoms with Crippen LogP contribution in [0.1, 0.15) is 21.1 Å². The minimum absolute atomic E-state index is 0.0505. The van der Waals surface area contributed by atoms with Crippen molar-refractivity contribution >= 4 is 23.2 Å². The molecule has 2 aromatic rings. The summed E-state index contributed by atoms with van der Waals surface area (Å²) in [5.74, 6) is -0.472. The molecule has 2 heterocycles. The van der Waals surface area contributed by atoms with E-state index < -0.39 is 0 Å². The summed E-state index contributed by atoms with van der Waals surface area (Å²) < 4.78 is 13.3. The summed E-state index contributed by atoms with van der Waals surface area (Å²) in [7, 11) is 0. The summed E-state index contributed by atoms with van der Waals surface area (Å²) in [5.41, 5.74) is 1.64. The zero-order chi connectivity index (χ0) is 18.0. The number of amides is 2. The molecule has 132 valence electrons. The van der Waals surface area contributed by atoms with Gasteiger partial charge in [-0.1, -0.05) is 12.1 Å². The molecular weight excluding hydrogens is 341 g/mol. The van der Waals surface area contributed by atoms with Crippen molar-refractivity contribution in [3.63, 3.8) is 0 Å². The van der Waals surface area contributed by atoms with Crippen LogP contribution in [0.5, 0.6) is 0 Å². The molecule has 1 fully saturated rings. The Morgan fingerprint density at radius 2 is 2.12 bits per heavy atom. The van der Waals surface area contributed by atoms with Gasteiger partial charge in [0.15, 0.2) is 0 Å². The Morgan fingerprint density at radius 3 is 2.76 bits per heavy atom. The van der Waals surface area contributed by atoms with Crippen LogP contribution in [0.15, 0.2) is 24.3 Å². The summed E-state index contributed by atoms with van der Waals surface area (Å²) in [5, 5.41) is 0.941. The molecule has 0 bridgehead atoms. The minimum Gasteiger partial charge on any atom is -0.335 e. The summed E-state index contributed by atoms with van der Waals surface area (Å²) in [6.07, 6.45) is 0.286. The van der Waals surface area contributed by atoms with E-state index in [-0.39, 0.29) is 30.6 Å². The zero-order valence-corrected chi connectivity index (χ0v) is 15.1. The molecule has 7 heteroatoms. The predicted molar refractivity (Wildman–Crippen MR) is 93.7 cm³/mol. The van der Waals surface area contributed by atoms with Gasteiger partial charge in [0.2, 0.25) is 11.8 Å². The van der Waals surface area contributed by atoms with Crippen LogP contribution in [0.3, 0.4) is 0 Å². The zero-order valence-electron chi connectivity index (χ0n) is 14.3. The molecule has 0 N–H and O–H groups in total. The van der Waals surface area contributed by atoms with E-state index >= 15 is 0 Å². The summed E-state index contributed by atoms with van der Waals surface area (Å²) in [6.45, 7) is 5.21. The molecule has 0 spiro atoms. The quantitative estimate of drug-likeness (QED) is 0.840. The van der Waals surface area contributed by atoms with Crippen LogP contribution in [0.2, 0.25) is 0 Å². The highest BCUT2D eigenvalue weighted by atomic mass is 32.1. The van der Waals surface area contributed by atoms with Gasteiger partial charge in [0.05, 0.1) is 23.7 Å². The van der Waals surface area contributed by atoms with Gasteiger partial charge < -0.3 is 9.80 Å². The van der Waals surface area contributed by atoms with Gasteiger partial charge in [-0.05, 0) is 31.5 Å². The van der Waals surface area contributed by atoms with Crippen LogP contribution < -0.4 is 0 Å². The van der Waals surface area contributed by atoms with Crippen molar-refractivity contribution in [3.8, 4) is 0 Å². The first-order valence-electron chi connectivity index (χ1n) is 8.15. The van der Waals surface area contributed by atoms with E-state index in [2.05, 4.69) is 4.98 Å². The van der Waals surface area contributed by atoms with Crippen LogP contribution in [-0.2, 0) is 22.6 Å². The molecule has 1 saturated heterocycles. The molecule has 1 aliphatic heterocycles. The van der Waals surface area contributed by atoms with E-state index in [0.29, 0.717) is 19.6 Å². The number of hydrogen-bond acceptors (Lipinski definition) is 4. The molecular formula is C18H20FN3O2S. The maximum absolute atomic E-state index is 13.3. The van der Waals surface area contributed by atoms with Gasteiger partial charge in [0.1, 0.15) is 5.82 Å². The fraction of sp³-hybridized carbons (Fsp3) is 0.389. The van der Waals surface area contributed by atoms with E-state index in [1.807, 2.05) is 13.8 Å². The van der Waals surface area contributed by atoms with Crippen molar-refractivity contribution in [3.05, 3.63) is 51.2 Å². The van der Waals surface area contributed by atoms with E-state index in [1.54, 1.807) is 21.9 Å². The fourth-order valence-electron chi connectivity index (χ4n) is 2.93.